The number of amides is 1. The zero-order valence-corrected chi connectivity index (χ0v) is 24.7. The smallest absolute Gasteiger partial charge is 0.341 e. The number of aryl methyl sites for hydroxylation is 1. The second-order valence-electron chi connectivity index (χ2n) is 9.87. The molecule has 218 valence electrons. The number of halogens is 1. The van der Waals surface area contributed by atoms with Gasteiger partial charge in [0.1, 0.15) is 10.8 Å². The molecule has 9 nitrogen and oxygen atoms in total. The van der Waals surface area contributed by atoms with Crippen molar-refractivity contribution in [1.29, 1.82) is 0 Å². The van der Waals surface area contributed by atoms with Gasteiger partial charge in [0, 0.05) is 4.88 Å². The summed E-state index contributed by atoms with van der Waals surface area (Å²) in [5, 5.41) is 3.07. The molecule has 2 N–H and O–H groups in total. The molecule has 3 aromatic rings. The van der Waals surface area contributed by atoms with Crippen molar-refractivity contribution < 1.29 is 36.7 Å². The molecule has 1 aliphatic rings. The summed E-state index contributed by atoms with van der Waals surface area (Å²) in [4.78, 5) is 39.8. The molecule has 0 fully saturated rings. The number of carbonyl (C=O) groups excluding carboxylic acids is 3. The molecule has 0 unspecified atom stereocenters. The number of fused-ring (bicyclic) bond motifs is 1. The van der Waals surface area contributed by atoms with Gasteiger partial charge in [0.05, 0.1) is 28.3 Å². The number of hydrogen-bond donors (Lipinski definition) is 2. The summed E-state index contributed by atoms with van der Waals surface area (Å²) in [5.41, 5.74) is 1.21. The molecule has 2 atom stereocenters. The first kappa shape index (κ1) is 30.2. The van der Waals surface area contributed by atoms with Crippen LogP contribution in [-0.2, 0) is 37.1 Å². The third kappa shape index (κ3) is 6.76. The van der Waals surface area contributed by atoms with E-state index in [4.69, 9.17) is 9.47 Å². The molecular weight excluding hydrogens is 571 g/mol. The van der Waals surface area contributed by atoms with Crippen molar-refractivity contribution in [1.82, 2.24) is 0 Å². The van der Waals surface area contributed by atoms with Crippen LogP contribution in [0.2, 0.25) is 0 Å². The summed E-state index contributed by atoms with van der Waals surface area (Å²) in [6, 6.07) is 9.03. The Bertz CT molecular complexity index is 1600. The van der Waals surface area contributed by atoms with E-state index in [0.717, 1.165) is 41.5 Å². The predicted octanol–water partition coefficient (Wildman–Crippen LogP) is 5.48. The van der Waals surface area contributed by atoms with Crippen LogP contribution in [-0.4, -0.2) is 39.0 Å². The zero-order valence-electron chi connectivity index (χ0n) is 23.1. The number of para-hydroxylation sites is 1. The number of esters is 2. The van der Waals surface area contributed by atoms with E-state index in [-0.39, 0.29) is 28.3 Å². The van der Waals surface area contributed by atoms with Crippen LogP contribution in [0.4, 0.5) is 15.1 Å². The van der Waals surface area contributed by atoms with Crippen molar-refractivity contribution >= 4 is 49.9 Å². The topological polar surface area (TPSA) is 128 Å². The van der Waals surface area contributed by atoms with Crippen LogP contribution in [0.25, 0.3) is 0 Å². The van der Waals surface area contributed by atoms with Gasteiger partial charge in [0.15, 0.2) is 6.10 Å². The summed E-state index contributed by atoms with van der Waals surface area (Å²) >= 11 is 1.32. The molecular formula is C29H31FN2O7S2. The Kier molecular flexibility index (Phi) is 9.13. The average Bonchev–Trinajstić information content (AvgIpc) is 3.25. The second-order valence-corrected chi connectivity index (χ2v) is 12.6. The van der Waals surface area contributed by atoms with Gasteiger partial charge in [-0.25, -0.2) is 22.4 Å². The normalized spacial score (nSPS) is 15.4. The number of hydrogen-bond acceptors (Lipinski definition) is 8. The minimum atomic E-state index is -4.17. The highest BCUT2D eigenvalue weighted by Gasteiger charge is 2.31. The second kappa shape index (κ2) is 12.4. The molecule has 0 radical (unpaired) electrons. The molecule has 41 heavy (non-hydrogen) atoms. The summed E-state index contributed by atoms with van der Waals surface area (Å²) < 4.78 is 52.5. The van der Waals surface area contributed by atoms with E-state index < -0.39 is 39.8 Å². The highest BCUT2D eigenvalue weighted by Crippen LogP contribution is 2.40. The molecule has 4 rings (SSSR count). The number of carbonyl (C=O) groups is 3. The Morgan fingerprint density at radius 2 is 1.88 bits per heavy atom. The van der Waals surface area contributed by atoms with Gasteiger partial charge in [-0.05, 0) is 87.4 Å². The van der Waals surface area contributed by atoms with Gasteiger partial charge in [0.25, 0.3) is 15.9 Å². The number of sulfonamides is 1. The fraction of sp³-hybridized carbons (Fsp3) is 0.345. The number of ether oxygens (including phenoxy) is 2. The van der Waals surface area contributed by atoms with Gasteiger partial charge in [0.2, 0.25) is 0 Å². The molecule has 1 heterocycles. The van der Waals surface area contributed by atoms with Crippen LogP contribution in [0.3, 0.4) is 0 Å². The maximum atomic E-state index is 13.5. The highest BCUT2D eigenvalue weighted by atomic mass is 32.2. The van der Waals surface area contributed by atoms with Crippen LogP contribution in [0.15, 0.2) is 47.4 Å². The SMILES string of the molecule is CCOC(=O)c1c(NC(=O)[C@H](C)OC(=O)c2ccccc2NS(=O)(=O)c2ccc(F)cc2C)sc2c1CC[C@H](C)C2. The maximum Gasteiger partial charge on any atom is 0.341 e. The first-order chi connectivity index (χ1) is 19.4. The van der Waals surface area contributed by atoms with E-state index in [1.807, 2.05) is 0 Å². The quantitative estimate of drug-likeness (QED) is 0.310. The molecule has 0 spiro atoms. The summed E-state index contributed by atoms with van der Waals surface area (Å²) in [5.74, 6) is -2.24. The molecule has 0 saturated heterocycles. The Balaban J connectivity index is 1.51. The Hall–Kier alpha value is -3.77. The molecule has 0 aliphatic heterocycles. The number of thiophene rings is 1. The monoisotopic (exact) mass is 602 g/mol. The summed E-state index contributed by atoms with van der Waals surface area (Å²) in [6.45, 7) is 6.85. The lowest BCUT2D eigenvalue weighted by molar-refractivity contribution is -0.123. The van der Waals surface area contributed by atoms with Gasteiger partial charge in [-0.3, -0.25) is 9.52 Å². The van der Waals surface area contributed by atoms with Crippen molar-refractivity contribution in [2.45, 2.75) is 58.0 Å². The number of nitrogens with one attached hydrogen (secondary N) is 2. The maximum absolute atomic E-state index is 13.5. The Labute approximate surface area is 242 Å². The van der Waals surface area contributed by atoms with Crippen LogP contribution in [0, 0.1) is 18.7 Å². The minimum Gasteiger partial charge on any atom is -0.462 e. The van der Waals surface area contributed by atoms with E-state index >= 15 is 0 Å². The molecule has 0 saturated carbocycles. The predicted molar refractivity (Wildman–Crippen MR) is 153 cm³/mol. The lowest BCUT2D eigenvalue weighted by atomic mass is 9.88. The van der Waals surface area contributed by atoms with Crippen molar-refractivity contribution in [3.05, 3.63) is 75.4 Å². The van der Waals surface area contributed by atoms with Gasteiger partial charge >= 0.3 is 11.9 Å². The van der Waals surface area contributed by atoms with Crippen LogP contribution < -0.4 is 10.0 Å². The van der Waals surface area contributed by atoms with E-state index in [2.05, 4.69) is 17.0 Å². The fourth-order valence-corrected chi connectivity index (χ4v) is 7.32. The summed E-state index contributed by atoms with van der Waals surface area (Å²) in [7, 11) is -4.17. The van der Waals surface area contributed by atoms with Crippen LogP contribution in [0.1, 0.15) is 63.9 Å². The number of benzene rings is 2. The Morgan fingerprint density at radius 3 is 2.59 bits per heavy atom. The zero-order chi connectivity index (χ0) is 29.9. The first-order valence-electron chi connectivity index (χ1n) is 13.1. The standard InChI is InChI=1S/C29H31FN2O7S2/c1-5-38-29(35)25-21-12-10-16(2)14-23(21)40-27(25)31-26(33)18(4)39-28(34)20-8-6-7-9-22(20)32-41(36,37)24-13-11-19(30)15-17(24)3/h6-9,11,13,15-16,18,32H,5,10,12,14H2,1-4H3,(H,31,33)/t16-,18-/m0/s1. The molecule has 2 aromatic carbocycles. The third-order valence-corrected chi connectivity index (χ3v) is 9.39. The fourth-order valence-electron chi connectivity index (χ4n) is 4.61. The van der Waals surface area contributed by atoms with Gasteiger partial charge < -0.3 is 14.8 Å². The molecule has 12 heteroatoms. The largest absolute Gasteiger partial charge is 0.462 e. The Morgan fingerprint density at radius 1 is 1.15 bits per heavy atom. The lowest BCUT2D eigenvalue weighted by Gasteiger charge is -2.18. The average molecular weight is 603 g/mol. The van der Waals surface area contributed by atoms with Crippen LogP contribution in [0.5, 0.6) is 0 Å². The van der Waals surface area contributed by atoms with Gasteiger partial charge in [-0.2, -0.15) is 0 Å². The van der Waals surface area contributed by atoms with Crippen molar-refractivity contribution in [2.75, 3.05) is 16.6 Å². The highest BCUT2D eigenvalue weighted by molar-refractivity contribution is 7.92. The van der Waals surface area contributed by atoms with Crippen LogP contribution >= 0.6 is 11.3 Å². The number of anilines is 2. The number of rotatable bonds is 9. The van der Waals surface area contributed by atoms with Gasteiger partial charge in [-0.15, -0.1) is 11.3 Å². The van der Waals surface area contributed by atoms with Crippen molar-refractivity contribution in [3.63, 3.8) is 0 Å². The van der Waals surface area contributed by atoms with E-state index in [1.54, 1.807) is 6.92 Å². The van der Waals surface area contributed by atoms with E-state index in [1.165, 1.54) is 49.4 Å². The third-order valence-electron chi connectivity index (χ3n) is 6.70. The molecule has 0 bridgehead atoms. The summed E-state index contributed by atoms with van der Waals surface area (Å²) in [6.07, 6.45) is 1.13. The minimum absolute atomic E-state index is 0.0708. The van der Waals surface area contributed by atoms with Gasteiger partial charge in [-0.1, -0.05) is 19.1 Å². The first-order valence-corrected chi connectivity index (χ1v) is 15.4. The van der Waals surface area contributed by atoms with Crippen molar-refractivity contribution in [2.24, 2.45) is 5.92 Å². The van der Waals surface area contributed by atoms with Crippen molar-refractivity contribution in [3.8, 4) is 0 Å². The molecule has 1 aliphatic carbocycles. The molecule has 1 aromatic heterocycles. The van der Waals surface area contributed by atoms with E-state index in [9.17, 15) is 27.2 Å². The van der Waals surface area contributed by atoms with E-state index in [0.29, 0.717) is 22.9 Å². The molecule has 1 amide bonds. The lowest BCUT2D eigenvalue weighted by Crippen LogP contribution is -2.30.